The third-order valence-corrected chi connectivity index (χ3v) is 3.43. The van der Waals surface area contributed by atoms with Gasteiger partial charge in [0.05, 0.1) is 0 Å². The predicted octanol–water partition coefficient (Wildman–Crippen LogP) is 4.15. The van der Waals surface area contributed by atoms with E-state index < -0.39 is 11.7 Å². The lowest BCUT2D eigenvalue weighted by molar-refractivity contribution is 0.0635. The highest BCUT2D eigenvalue weighted by Crippen LogP contribution is 2.13. The maximum Gasteiger partial charge on any atom is 0.412 e. The summed E-state index contributed by atoms with van der Waals surface area (Å²) >= 11 is 0. The van der Waals surface area contributed by atoms with Crippen LogP contribution in [0.1, 0.15) is 36.7 Å². The summed E-state index contributed by atoms with van der Waals surface area (Å²) in [6, 6.07) is 12.9. The molecule has 6 heteroatoms. The SMILES string of the molecule is CC(C)(C)OC(=O)Nc1ccc(C(=O)NCCc2ccccc2F)cc1. The molecule has 0 fully saturated rings. The van der Waals surface area contributed by atoms with E-state index in [-0.39, 0.29) is 11.7 Å². The fourth-order valence-electron chi connectivity index (χ4n) is 2.24. The van der Waals surface area contributed by atoms with Crippen LogP contribution in [0.5, 0.6) is 0 Å². The van der Waals surface area contributed by atoms with Crippen LogP contribution in [0, 0.1) is 5.82 Å². The van der Waals surface area contributed by atoms with Crippen molar-refractivity contribution in [2.75, 3.05) is 11.9 Å². The van der Waals surface area contributed by atoms with E-state index in [1.807, 2.05) is 0 Å². The van der Waals surface area contributed by atoms with Gasteiger partial charge in [0.1, 0.15) is 11.4 Å². The van der Waals surface area contributed by atoms with Gasteiger partial charge in [-0.05, 0) is 63.1 Å². The minimum atomic E-state index is -0.581. The highest BCUT2D eigenvalue weighted by atomic mass is 19.1. The average Bonchev–Trinajstić information content (AvgIpc) is 2.55. The number of halogens is 1. The quantitative estimate of drug-likeness (QED) is 0.844. The number of nitrogens with one attached hydrogen (secondary N) is 2. The van der Waals surface area contributed by atoms with Gasteiger partial charge in [0.25, 0.3) is 5.91 Å². The summed E-state index contributed by atoms with van der Waals surface area (Å²) in [6.45, 7) is 5.67. The van der Waals surface area contributed by atoms with Crippen molar-refractivity contribution >= 4 is 17.7 Å². The Balaban J connectivity index is 1.84. The molecular formula is C20H23FN2O3. The van der Waals surface area contributed by atoms with Gasteiger partial charge in [0, 0.05) is 17.8 Å². The lowest BCUT2D eigenvalue weighted by atomic mass is 10.1. The Bertz CT molecular complexity index is 767. The Morgan fingerprint density at radius 1 is 1.04 bits per heavy atom. The first-order chi connectivity index (χ1) is 12.2. The van der Waals surface area contributed by atoms with Gasteiger partial charge in [-0.3, -0.25) is 10.1 Å². The summed E-state index contributed by atoms with van der Waals surface area (Å²) in [6.07, 6.45) is -0.143. The van der Waals surface area contributed by atoms with E-state index >= 15 is 0 Å². The van der Waals surface area contributed by atoms with Crippen molar-refractivity contribution in [3.63, 3.8) is 0 Å². The molecule has 0 bridgehead atoms. The zero-order valence-electron chi connectivity index (χ0n) is 15.1. The predicted molar refractivity (Wildman–Crippen MR) is 98.7 cm³/mol. The van der Waals surface area contributed by atoms with E-state index in [2.05, 4.69) is 10.6 Å². The molecular weight excluding hydrogens is 335 g/mol. The first-order valence-corrected chi connectivity index (χ1v) is 8.36. The van der Waals surface area contributed by atoms with Gasteiger partial charge in [-0.15, -0.1) is 0 Å². The molecule has 0 aromatic heterocycles. The van der Waals surface area contributed by atoms with Gasteiger partial charge in [-0.1, -0.05) is 18.2 Å². The van der Waals surface area contributed by atoms with Crippen LogP contribution in [0.2, 0.25) is 0 Å². The number of anilines is 1. The van der Waals surface area contributed by atoms with Crippen LogP contribution in [-0.4, -0.2) is 24.1 Å². The Morgan fingerprint density at radius 3 is 2.31 bits per heavy atom. The smallest absolute Gasteiger partial charge is 0.412 e. The maximum atomic E-state index is 13.5. The molecule has 2 rings (SSSR count). The number of carbonyl (C=O) groups excluding carboxylic acids is 2. The standard InChI is InChI=1S/C20H23FN2O3/c1-20(2,3)26-19(25)23-16-10-8-15(9-11-16)18(24)22-13-12-14-6-4-5-7-17(14)21/h4-11H,12-13H2,1-3H3,(H,22,24)(H,23,25). The first-order valence-electron chi connectivity index (χ1n) is 8.36. The summed E-state index contributed by atoms with van der Waals surface area (Å²) in [5.41, 5.74) is 0.961. The molecule has 0 aliphatic carbocycles. The average molecular weight is 358 g/mol. The highest BCUT2D eigenvalue weighted by molar-refractivity contribution is 5.95. The molecule has 2 aromatic carbocycles. The summed E-state index contributed by atoms with van der Waals surface area (Å²) in [4.78, 5) is 23.8. The first kappa shape index (κ1) is 19.4. The number of carbonyl (C=O) groups is 2. The van der Waals surface area contributed by atoms with Crippen LogP contribution in [0.4, 0.5) is 14.9 Å². The molecule has 0 heterocycles. The van der Waals surface area contributed by atoms with E-state index in [1.165, 1.54) is 6.07 Å². The zero-order chi connectivity index (χ0) is 19.2. The number of ether oxygens (including phenoxy) is 1. The molecule has 5 nitrogen and oxygen atoms in total. The molecule has 0 unspecified atom stereocenters. The van der Waals surface area contributed by atoms with E-state index in [0.717, 1.165) is 0 Å². The molecule has 0 saturated carbocycles. The second-order valence-electron chi connectivity index (χ2n) is 6.80. The van der Waals surface area contributed by atoms with Crippen LogP contribution < -0.4 is 10.6 Å². The van der Waals surface area contributed by atoms with Gasteiger partial charge in [-0.2, -0.15) is 0 Å². The molecule has 2 N–H and O–H groups in total. The molecule has 0 spiro atoms. The summed E-state index contributed by atoms with van der Waals surface area (Å²) in [7, 11) is 0. The van der Waals surface area contributed by atoms with Gasteiger partial charge in [-0.25, -0.2) is 9.18 Å². The Labute approximate surface area is 152 Å². The molecule has 138 valence electrons. The minimum absolute atomic E-state index is 0.259. The van der Waals surface area contributed by atoms with E-state index in [4.69, 9.17) is 4.74 Å². The molecule has 0 atom stereocenters. The Morgan fingerprint density at radius 2 is 1.69 bits per heavy atom. The summed E-state index contributed by atoms with van der Waals surface area (Å²) in [5.74, 6) is -0.538. The van der Waals surface area contributed by atoms with Crippen molar-refractivity contribution < 1.29 is 18.7 Å². The number of hydrogen-bond acceptors (Lipinski definition) is 3. The topological polar surface area (TPSA) is 67.4 Å². The third-order valence-electron chi connectivity index (χ3n) is 3.43. The number of benzene rings is 2. The van der Waals surface area contributed by atoms with Crippen molar-refractivity contribution in [2.45, 2.75) is 32.8 Å². The Kier molecular flexibility index (Phi) is 6.33. The van der Waals surface area contributed by atoms with Gasteiger partial charge in [0.15, 0.2) is 0 Å². The molecule has 26 heavy (non-hydrogen) atoms. The van der Waals surface area contributed by atoms with Crippen LogP contribution in [0.25, 0.3) is 0 Å². The van der Waals surface area contributed by atoms with Crippen molar-refractivity contribution in [3.05, 3.63) is 65.5 Å². The fourth-order valence-corrected chi connectivity index (χ4v) is 2.24. The van der Waals surface area contributed by atoms with Crippen molar-refractivity contribution in [2.24, 2.45) is 0 Å². The van der Waals surface area contributed by atoms with E-state index in [1.54, 1.807) is 63.2 Å². The van der Waals surface area contributed by atoms with Gasteiger partial charge in [0.2, 0.25) is 0 Å². The lowest BCUT2D eigenvalue weighted by Gasteiger charge is -2.19. The van der Waals surface area contributed by atoms with Crippen LogP contribution in [-0.2, 0) is 11.2 Å². The van der Waals surface area contributed by atoms with Crippen molar-refractivity contribution in [1.29, 1.82) is 0 Å². The number of hydrogen-bond donors (Lipinski definition) is 2. The van der Waals surface area contributed by atoms with E-state index in [0.29, 0.717) is 29.8 Å². The van der Waals surface area contributed by atoms with Crippen LogP contribution in [0.15, 0.2) is 48.5 Å². The maximum absolute atomic E-state index is 13.5. The van der Waals surface area contributed by atoms with Crippen LogP contribution in [0.3, 0.4) is 0 Å². The normalized spacial score (nSPS) is 10.9. The summed E-state index contributed by atoms with van der Waals surface area (Å²) in [5, 5.41) is 5.35. The van der Waals surface area contributed by atoms with Crippen LogP contribution >= 0.6 is 0 Å². The Hall–Kier alpha value is -2.89. The lowest BCUT2D eigenvalue weighted by Crippen LogP contribution is -2.27. The highest BCUT2D eigenvalue weighted by Gasteiger charge is 2.16. The molecule has 0 aliphatic rings. The second kappa shape index (κ2) is 8.47. The zero-order valence-corrected chi connectivity index (χ0v) is 15.1. The third kappa shape index (κ3) is 6.20. The van der Waals surface area contributed by atoms with E-state index in [9.17, 15) is 14.0 Å². The van der Waals surface area contributed by atoms with Gasteiger partial charge >= 0.3 is 6.09 Å². The summed E-state index contributed by atoms with van der Waals surface area (Å²) < 4.78 is 18.7. The van der Waals surface area contributed by atoms with Crippen molar-refractivity contribution in [3.8, 4) is 0 Å². The molecule has 0 aliphatic heterocycles. The monoisotopic (exact) mass is 358 g/mol. The van der Waals surface area contributed by atoms with Gasteiger partial charge < -0.3 is 10.1 Å². The molecule has 2 aromatic rings. The second-order valence-corrected chi connectivity index (χ2v) is 6.80. The minimum Gasteiger partial charge on any atom is -0.444 e. The molecule has 0 radical (unpaired) electrons. The number of amides is 2. The fraction of sp³-hybridized carbons (Fsp3) is 0.300. The largest absolute Gasteiger partial charge is 0.444 e. The number of rotatable bonds is 5. The molecule has 2 amide bonds. The molecule has 0 saturated heterocycles. The van der Waals surface area contributed by atoms with Crippen molar-refractivity contribution in [1.82, 2.24) is 5.32 Å².